The lowest BCUT2D eigenvalue weighted by Gasteiger charge is -2.19. The Morgan fingerprint density at radius 3 is 2.32 bits per heavy atom. The van der Waals surface area contributed by atoms with Gasteiger partial charge in [-0.15, -0.1) is 3.89 Å². The minimum atomic E-state index is -4.75. The molecule has 5 nitrogen and oxygen atoms in total. The summed E-state index contributed by atoms with van der Waals surface area (Å²) < 4.78 is 39.5. The van der Waals surface area contributed by atoms with E-state index in [1.165, 1.54) is 19.1 Å². The van der Waals surface area contributed by atoms with Crippen molar-refractivity contribution in [2.24, 2.45) is 0 Å². The number of hydrogen-bond donors (Lipinski definition) is 1. The van der Waals surface area contributed by atoms with Crippen LogP contribution in [0.5, 0.6) is 0 Å². The zero-order chi connectivity index (χ0) is 14.8. The Hall–Kier alpha value is -1.63. The van der Waals surface area contributed by atoms with Crippen LogP contribution in [0, 0.1) is 6.92 Å². The lowest BCUT2D eigenvalue weighted by atomic mass is 10.2. The van der Waals surface area contributed by atoms with E-state index in [0.717, 1.165) is 6.07 Å². The Balaban J connectivity index is 2.89. The third kappa shape index (κ3) is 4.86. The van der Waals surface area contributed by atoms with Crippen LogP contribution >= 0.6 is 0 Å². The number of carbonyl (C=O) groups excluding carboxylic acids is 1. The average Bonchev–Trinajstić information content (AvgIpc) is 2.11. The number of amides is 1. The lowest BCUT2D eigenvalue weighted by molar-refractivity contribution is 0.0636. The number of nitrogens with one attached hydrogen (secondary N) is 1. The highest BCUT2D eigenvalue weighted by molar-refractivity contribution is 7.86. The molecule has 0 aliphatic heterocycles. The topological polar surface area (TPSA) is 72.5 Å². The van der Waals surface area contributed by atoms with Crippen molar-refractivity contribution >= 4 is 22.0 Å². The van der Waals surface area contributed by atoms with Crippen LogP contribution in [0.4, 0.5) is 14.4 Å². The molecule has 0 radical (unpaired) electrons. The normalized spacial score (nSPS) is 12.1. The molecule has 1 aromatic rings. The van der Waals surface area contributed by atoms with Crippen LogP contribution in [0.25, 0.3) is 0 Å². The molecule has 0 unspecified atom stereocenters. The Labute approximate surface area is 112 Å². The van der Waals surface area contributed by atoms with Crippen molar-refractivity contribution in [3.8, 4) is 0 Å². The van der Waals surface area contributed by atoms with E-state index in [1.807, 2.05) is 0 Å². The van der Waals surface area contributed by atoms with E-state index in [4.69, 9.17) is 4.74 Å². The van der Waals surface area contributed by atoms with E-state index in [0.29, 0.717) is 5.69 Å². The van der Waals surface area contributed by atoms with E-state index < -0.39 is 26.8 Å². The average molecular weight is 289 g/mol. The first-order valence-corrected chi connectivity index (χ1v) is 6.93. The maximum atomic E-state index is 12.9. The molecule has 0 aromatic heterocycles. The summed E-state index contributed by atoms with van der Waals surface area (Å²) in [6, 6.07) is 3.75. The Morgan fingerprint density at radius 1 is 1.32 bits per heavy atom. The van der Waals surface area contributed by atoms with Crippen molar-refractivity contribution in [3.63, 3.8) is 0 Å². The standard InChI is InChI=1S/C12H16FNO4S/c1-8-7-9(5-6-10(8)19(13,16)17)14-11(15)18-12(2,3)4/h5-7H,1-4H3,(H,14,15). The van der Waals surface area contributed by atoms with Gasteiger partial charge in [-0.05, 0) is 51.5 Å². The molecule has 1 rings (SSSR count). The van der Waals surface area contributed by atoms with Gasteiger partial charge < -0.3 is 4.74 Å². The predicted molar refractivity (Wildman–Crippen MR) is 69.3 cm³/mol. The SMILES string of the molecule is Cc1cc(NC(=O)OC(C)(C)C)ccc1S(=O)(=O)F. The Morgan fingerprint density at radius 2 is 1.89 bits per heavy atom. The van der Waals surface area contributed by atoms with Gasteiger partial charge in [-0.1, -0.05) is 0 Å². The number of ether oxygens (including phenoxy) is 1. The second-order valence-corrected chi connectivity index (χ2v) is 6.36. The van der Waals surface area contributed by atoms with Crippen LogP contribution in [0.3, 0.4) is 0 Å². The molecule has 0 fully saturated rings. The van der Waals surface area contributed by atoms with E-state index in [2.05, 4.69) is 5.32 Å². The first kappa shape index (κ1) is 15.4. The highest BCUT2D eigenvalue weighted by Crippen LogP contribution is 2.21. The maximum Gasteiger partial charge on any atom is 0.412 e. The maximum absolute atomic E-state index is 12.9. The fraction of sp³-hybridized carbons (Fsp3) is 0.417. The van der Waals surface area contributed by atoms with Crippen molar-refractivity contribution in [2.45, 2.75) is 38.2 Å². The summed E-state index contributed by atoms with van der Waals surface area (Å²) in [6.07, 6.45) is -0.664. The predicted octanol–water partition coefficient (Wildman–Crippen LogP) is 3.00. The van der Waals surface area contributed by atoms with Gasteiger partial charge in [-0.2, -0.15) is 8.42 Å². The van der Waals surface area contributed by atoms with Crippen molar-refractivity contribution < 1.29 is 21.8 Å². The largest absolute Gasteiger partial charge is 0.444 e. The molecule has 0 saturated carbocycles. The zero-order valence-electron chi connectivity index (χ0n) is 11.2. The molecule has 1 amide bonds. The zero-order valence-corrected chi connectivity index (χ0v) is 12.0. The first-order chi connectivity index (χ1) is 8.49. The molecule has 0 bridgehead atoms. The summed E-state index contributed by atoms with van der Waals surface area (Å²) in [4.78, 5) is 11.1. The molecule has 0 heterocycles. The number of hydrogen-bond acceptors (Lipinski definition) is 4. The summed E-state index contributed by atoms with van der Waals surface area (Å²) in [7, 11) is -4.75. The van der Waals surface area contributed by atoms with Gasteiger partial charge in [-0.3, -0.25) is 5.32 Å². The second-order valence-electron chi connectivity index (χ2n) is 5.05. The van der Waals surface area contributed by atoms with Crippen molar-refractivity contribution in [1.29, 1.82) is 0 Å². The number of carbonyl (C=O) groups is 1. The highest BCUT2D eigenvalue weighted by atomic mass is 32.3. The third-order valence-electron chi connectivity index (χ3n) is 2.08. The summed E-state index contributed by atoms with van der Waals surface area (Å²) >= 11 is 0. The molecule has 7 heteroatoms. The third-order valence-corrected chi connectivity index (χ3v) is 3.07. The van der Waals surface area contributed by atoms with E-state index in [-0.39, 0.29) is 5.56 Å². The van der Waals surface area contributed by atoms with E-state index in [9.17, 15) is 17.1 Å². The van der Waals surface area contributed by atoms with Gasteiger partial charge in [0.2, 0.25) is 0 Å². The van der Waals surface area contributed by atoms with Crippen LogP contribution in [0.1, 0.15) is 26.3 Å². The van der Waals surface area contributed by atoms with Gasteiger partial charge in [0.25, 0.3) is 0 Å². The molecule has 0 atom stereocenters. The number of halogens is 1. The fourth-order valence-electron chi connectivity index (χ4n) is 1.42. The van der Waals surface area contributed by atoms with Crippen molar-refractivity contribution in [1.82, 2.24) is 0 Å². The Kier molecular flexibility index (Phi) is 4.19. The molecule has 19 heavy (non-hydrogen) atoms. The first-order valence-electron chi connectivity index (χ1n) is 5.54. The van der Waals surface area contributed by atoms with Crippen LogP contribution in [0.2, 0.25) is 0 Å². The molecule has 0 aliphatic rings. The van der Waals surface area contributed by atoms with Gasteiger partial charge in [0.15, 0.2) is 0 Å². The number of rotatable bonds is 2. The quantitative estimate of drug-likeness (QED) is 0.849. The van der Waals surface area contributed by atoms with Crippen molar-refractivity contribution in [3.05, 3.63) is 23.8 Å². The molecular formula is C12H16FNO4S. The van der Waals surface area contributed by atoms with Gasteiger partial charge >= 0.3 is 16.3 Å². The summed E-state index contributed by atoms with van der Waals surface area (Å²) in [5.74, 6) is 0. The van der Waals surface area contributed by atoms with Crippen LogP contribution in [0.15, 0.2) is 23.1 Å². The molecular weight excluding hydrogens is 273 g/mol. The van der Waals surface area contributed by atoms with Crippen LogP contribution in [-0.2, 0) is 15.0 Å². The van der Waals surface area contributed by atoms with Crippen molar-refractivity contribution in [2.75, 3.05) is 5.32 Å². The second kappa shape index (κ2) is 5.16. The van der Waals surface area contributed by atoms with Gasteiger partial charge in [0, 0.05) is 5.69 Å². The highest BCUT2D eigenvalue weighted by Gasteiger charge is 2.18. The lowest BCUT2D eigenvalue weighted by Crippen LogP contribution is -2.27. The number of anilines is 1. The summed E-state index contributed by atoms with van der Waals surface area (Å²) in [5, 5.41) is 2.44. The molecule has 1 aromatic carbocycles. The molecule has 0 spiro atoms. The Bertz CT molecular complexity index is 590. The molecule has 0 saturated heterocycles. The van der Waals surface area contributed by atoms with Crippen LogP contribution < -0.4 is 5.32 Å². The van der Waals surface area contributed by atoms with E-state index >= 15 is 0 Å². The molecule has 106 valence electrons. The van der Waals surface area contributed by atoms with Gasteiger partial charge in [-0.25, -0.2) is 4.79 Å². The summed E-state index contributed by atoms with van der Waals surface area (Å²) in [5.41, 5.74) is -0.100. The van der Waals surface area contributed by atoms with E-state index in [1.54, 1.807) is 20.8 Å². The van der Waals surface area contributed by atoms with Gasteiger partial charge in [0.05, 0.1) is 0 Å². The fourth-order valence-corrected chi connectivity index (χ4v) is 2.10. The number of benzene rings is 1. The van der Waals surface area contributed by atoms with Gasteiger partial charge in [0.1, 0.15) is 10.5 Å². The molecule has 1 N–H and O–H groups in total. The molecule has 0 aliphatic carbocycles. The summed E-state index contributed by atoms with van der Waals surface area (Å²) in [6.45, 7) is 6.59. The smallest absolute Gasteiger partial charge is 0.412 e. The number of aryl methyl sites for hydroxylation is 1. The van der Waals surface area contributed by atoms with Crippen LogP contribution in [-0.4, -0.2) is 20.1 Å². The minimum Gasteiger partial charge on any atom is -0.444 e. The minimum absolute atomic E-state index is 0.205. The monoisotopic (exact) mass is 289 g/mol.